The Morgan fingerprint density at radius 2 is 1.76 bits per heavy atom. The van der Waals surface area contributed by atoms with Crippen molar-refractivity contribution in [2.45, 2.75) is 104 Å². The highest BCUT2D eigenvalue weighted by Crippen LogP contribution is 2.65. The summed E-state index contributed by atoms with van der Waals surface area (Å²) >= 11 is 0. The summed E-state index contributed by atoms with van der Waals surface area (Å²) in [6.07, 6.45) is -4.69. The lowest BCUT2D eigenvalue weighted by atomic mass is 9.85. The molecule has 41 heavy (non-hydrogen) atoms. The number of piperidine rings is 1. The van der Waals surface area contributed by atoms with E-state index < -0.39 is 53.4 Å². The van der Waals surface area contributed by atoms with Crippen molar-refractivity contribution in [1.29, 1.82) is 5.26 Å². The van der Waals surface area contributed by atoms with E-state index in [1.807, 2.05) is 46.0 Å². The smallest absolute Gasteiger partial charge is 0.374 e. The van der Waals surface area contributed by atoms with Gasteiger partial charge in [0.15, 0.2) is 0 Å². The number of hydrogen-bond acceptors (Lipinski definition) is 6. The van der Waals surface area contributed by atoms with Crippen LogP contribution in [0.15, 0.2) is 0 Å². The predicted molar refractivity (Wildman–Crippen MR) is 142 cm³/mol. The Morgan fingerprint density at radius 1 is 1.15 bits per heavy atom. The number of halogens is 3. The maximum Gasteiger partial charge on any atom is 0.471 e. The Balaban J connectivity index is 1.74. The molecular formula is C28H42F3N5O5. The van der Waals surface area contributed by atoms with Crippen LogP contribution in [-0.4, -0.2) is 77.6 Å². The Kier molecular flexibility index (Phi) is 8.82. The summed E-state index contributed by atoms with van der Waals surface area (Å²) in [6.45, 7) is 14.6. The van der Waals surface area contributed by atoms with Gasteiger partial charge in [0.2, 0.25) is 17.7 Å². The van der Waals surface area contributed by atoms with E-state index in [1.54, 1.807) is 0 Å². The molecule has 3 aliphatic rings. The molecule has 230 valence electrons. The van der Waals surface area contributed by atoms with Crippen molar-refractivity contribution in [2.24, 2.45) is 28.6 Å². The molecule has 0 aromatic rings. The standard InChI is InChI=1S/C28H42F3N5O5/c1-25(2,3)20(35-24(40)28(29,30)31)23(39)36-12-17-18(27(17,7)8)19(36)22(38)33-15(11-32)9-14-10-16(34-21(14)37)13-41-26(4,5)6/h14-20H,9-10,12-13H2,1-8H3,(H,33,38)(H,34,37)(H,35,40)/t14-,15+,16?,17+,18+,19+,20-/m1/s1. The molecule has 2 saturated heterocycles. The molecule has 3 N–H and O–H groups in total. The number of rotatable bonds is 8. The van der Waals surface area contributed by atoms with Crippen LogP contribution in [0.2, 0.25) is 0 Å². The number of fused-ring (bicyclic) bond motifs is 1. The molecule has 0 aromatic carbocycles. The number of amides is 4. The van der Waals surface area contributed by atoms with E-state index in [2.05, 4.69) is 10.6 Å². The average molecular weight is 586 g/mol. The number of nitrogens with zero attached hydrogens (tertiary/aromatic N) is 2. The van der Waals surface area contributed by atoms with Crippen molar-refractivity contribution in [3.8, 4) is 6.07 Å². The number of ether oxygens (including phenoxy) is 1. The van der Waals surface area contributed by atoms with Crippen molar-refractivity contribution in [3.05, 3.63) is 0 Å². The molecule has 1 saturated carbocycles. The van der Waals surface area contributed by atoms with Gasteiger partial charge in [-0.05, 0) is 56.3 Å². The Morgan fingerprint density at radius 3 is 2.27 bits per heavy atom. The Labute approximate surface area is 239 Å². The average Bonchev–Trinajstić information content (AvgIpc) is 3.15. The summed E-state index contributed by atoms with van der Waals surface area (Å²) in [5, 5.41) is 17.2. The summed E-state index contributed by atoms with van der Waals surface area (Å²) in [4.78, 5) is 52.8. The van der Waals surface area contributed by atoms with Gasteiger partial charge < -0.3 is 25.6 Å². The van der Waals surface area contributed by atoms with Crippen LogP contribution in [0.5, 0.6) is 0 Å². The SMILES string of the molecule is CC(C)(C)OCC1C[C@@H](C[C@@H](C#N)NC(=O)[C@@H]2[C@@H]3[C@H](CN2C(=O)[C@@H](NC(=O)C(F)(F)F)C(C)(C)C)C3(C)C)C(=O)N1. The van der Waals surface area contributed by atoms with E-state index in [4.69, 9.17) is 4.74 Å². The molecule has 0 aromatic heterocycles. The second-order valence-corrected chi connectivity index (χ2v) is 14.1. The van der Waals surface area contributed by atoms with Gasteiger partial charge in [-0.25, -0.2) is 0 Å². The van der Waals surface area contributed by atoms with Gasteiger partial charge in [-0.1, -0.05) is 34.6 Å². The monoisotopic (exact) mass is 585 g/mol. The van der Waals surface area contributed by atoms with Crippen LogP contribution >= 0.6 is 0 Å². The summed E-state index contributed by atoms with van der Waals surface area (Å²) in [5.74, 6) is -4.72. The van der Waals surface area contributed by atoms with E-state index in [1.165, 1.54) is 25.7 Å². The van der Waals surface area contributed by atoms with E-state index >= 15 is 0 Å². The fourth-order valence-corrected chi connectivity index (χ4v) is 6.02. The van der Waals surface area contributed by atoms with Crippen LogP contribution in [0.25, 0.3) is 0 Å². The van der Waals surface area contributed by atoms with Crippen LogP contribution in [-0.2, 0) is 23.9 Å². The Hall–Kier alpha value is -2.88. The number of hydrogen-bond donors (Lipinski definition) is 3. The van der Waals surface area contributed by atoms with Crippen LogP contribution in [0.1, 0.15) is 68.2 Å². The van der Waals surface area contributed by atoms with Gasteiger partial charge in [0.25, 0.3) is 0 Å². The quantitative estimate of drug-likeness (QED) is 0.399. The largest absolute Gasteiger partial charge is 0.471 e. The molecule has 1 unspecified atom stereocenters. The number of likely N-dealkylation sites (tertiary alicyclic amines) is 1. The van der Waals surface area contributed by atoms with Crippen molar-refractivity contribution in [2.75, 3.05) is 13.2 Å². The first-order valence-corrected chi connectivity index (χ1v) is 13.9. The van der Waals surface area contributed by atoms with Gasteiger partial charge in [0.05, 0.1) is 24.3 Å². The van der Waals surface area contributed by atoms with Crippen LogP contribution in [0.4, 0.5) is 13.2 Å². The fraction of sp³-hybridized carbons (Fsp3) is 0.821. The second-order valence-electron chi connectivity index (χ2n) is 14.1. The van der Waals surface area contributed by atoms with Gasteiger partial charge >= 0.3 is 12.1 Å². The minimum absolute atomic E-state index is 0.0600. The van der Waals surface area contributed by atoms with Crippen molar-refractivity contribution < 1.29 is 37.1 Å². The normalized spacial score (nSPS) is 28.7. The van der Waals surface area contributed by atoms with Crippen molar-refractivity contribution >= 4 is 23.6 Å². The first-order valence-electron chi connectivity index (χ1n) is 13.9. The van der Waals surface area contributed by atoms with E-state index in [-0.39, 0.29) is 47.8 Å². The first kappa shape index (κ1) is 32.6. The molecule has 0 spiro atoms. The third kappa shape index (κ3) is 7.31. The molecule has 1 aliphatic carbocycles. The van der Waals surface area contributed by atoms with Gasteiger partial charge in [-0.2, -0.15) is 18.4 Å². The molecule has 0 bridgehead atoms. The number of nitrogens with one attached hydrogen (secondary N) is 3. The summed E-state index contributed by atoms with van der Waals surface area (Å²) in [5.41, 5.74) is -1.76. The number of nitriles is 1. The molecule has 3 rings (SSSR count). The molecule has 10 nitrogen and oxygen atoms in total. The highest BCUT2D eigenvalue weighted by Gasteiger charge is 2.70. The lowest BCUT2D eigenvalue weighted by Gasteiger charge is -2.37. The summed E-state index contributed by atoms with van der Waals surface area (Å²) < 4.78 is 44.9. The van der Waals surface area contributed by atoms with Crippen molar-refractivity contribution in [3.63, 3.8) is 0 Å². The fourth-order valence-electron chi connectivity index (χ4n) is 6.02. The van der Waals surface area contributed by atoms with Gasteiger partial charge in [0.1, 0.15) is 18.1 Å². The maximum absolute atomic E-state index is 13.6. The van der Waals surface area contributed by atoms with Gasteiger partial charge in [-0.3, -0.25) is 19.2 Å². The zero-order valence-electron chi connectivity index (χ0n) is 24.9. The maximum atomic E-state index is 13.6. The molecule has 0 radical (unpaired) electrons. The zero-order valence-corrected chi connectivity index (χ0v) is 24.9. The minimum Gasteiger partial charge on any atom is -0.374 e. The third-order valence-corrected chi connectivity index (χ3v) is 8.40. The lowest BCUT2D eigenvalue weighted by molar-refractivity contribution is -0.176. The number of alkyl halides is 3. The van der Waals surface area contributed by atoms with Crippen molar-refractivity contribution in [1.82, 2.24) is 20.9 Å². The highest BCUT2D eigenvalue weighted by atomic mass is 19.4. The Bertz CT molecular complexity index is 1100. The number of carbonyl (C=O) groups excluding carboxylic acids is 4. The van der Waals surface area contributed by atoms with Crippen LogP contribution in [0, 0.1) is 39.9 Å². The topological polar surface area (TPSA) is 141 Å². The molecule has 3 fully saturated rings. The highest BCUT2D eigenvalue weighted by molar-refractivity contribution is 5.95. The van der Waals surface area contributed by atoms with E-state index in [0.29, 0.717) is 13.0 Å². The molecule has 7 atom stereocenters. The molecule has 2 heterocycles. The van der Waals surface area contributed by atoms with Crippen LogP contribution in [0.3, 0.4) is 0 Å². The molecule has 2 aliphatic heterocycles. The lowest BCUT2D eigenvalue weighted by Crippen LogP contribution is -2.61. The summed E-state index contributed by atoms with van der Waals surface area (Å²) in [7, 11) is 0. The second kappa shape index (κ2) is 11.1. The summed E-state index contributed by atoms with van der Waals surface area (Å²) in [6, 6.07) is -1.78. The van der Waals surface area contributed by atoms with E-state index in [0.717, 1.165) is 0 Å². The zero-order chi connectivity index (χ0) is 31.3. The van der Waals surface area contributed by atoms with E-state index in [9.17, 15) is 37.6 Å². The van der Waals surface area contributed by atoms with Gasteiger partial charge in [-0.15, -0.1) is 0 Å². The first-order chi connectivity index (χ1) is 18.6. The molecular weight excluding hydrogens is 543 g/mol. The molecule has 13 heteroatoms. The molecule has 4 amide bonds. The van der Waals surface area contributed by atoms with Gasteiger partial charge in [0, 0.05) is 12.5 Å². The van der Waals surface area contributed by atoms with Crippen LogP contribution < -0.4 is 16.0 Å². The number of carbonyl (C=O) groups is 4. The minimum atomic E-state index is -5.18. The predicted octanol–water partition coefficient (Wildman–Crippen LogP) is 2.28. The third-order valence-electron chi connectivity index (χ3n) is 8.40.